The number of Topliss-reactive ketones (excluding diaryl/α,β-unsaturated/α-hetero) is 1. The first-order valence-electron chi connectivity index (χ1n) is 8.31. The maximum absolute atomic E-state index is 12.3. The highest BCUT2D eigenvalue weighted by molar-refractivity contribution is 6.79. The van der Waals surface area contributed by atoms with Crippen molar-refractivity contribution in [2.45, 2.75) is 39.4 Å². The molecular formula is C20H26N2OSi. The SMILES string of the molecule is C/C(CC(=O)Cc1ccccc1)=N\N(c1ccccc1)[Si](C)(C)C. The Labute approximate surface area is 146 Å². The van der Waals surface area contributed by atoms with Gasteiger partial charge in [0.05, 0.1) is 0 Å². The highest BCUT2D eigenvalue weighted by Crippen LogP contribution is 2.22. The summed E-state index contributed by atoms with van der Waals surface area (Å²) in [7, 11) is -1.68. The molecule has 0 amide bonds. The van der Waals surface area contributed by atoms with Crippen molar-refractivity contribution in [3.8, 4) is 0 Å². The van der Waals surface area contributed by atoms with Gasteiger partial charge in [0.1, 0.15) is 5.78 Å². The van der Waals surface area contributed by atoms with E-state index in [-0.39, 0.29) is 5.78 Å². The highest BCUT2D eigenvalue weighted by Gasteiger charge is 2.24. The van der Waals surface area contributed by atoms with Gasteiger partial charge < -0.3 is 0 Å². The predicted octanol–water partition coefficient (Wildman–Crippen LogP) is 4.91. The number of hydrogen-bond acceptors (Lipinski definition) is 3. The lowest BCUT2D eigenvalue weighted by molar-refractivity contribution is -0.117. The smallest absolute Gasteiger partial charge is 0.176 e. The van der Waals surface area contributed by atoms with Gasteiger partial charge in [-0.15, -0.1) is 0 Å². The van der Waals surface area contributed by atoms with Gasteiger partial charge in [-0.05, 0) is 44.3 Å². The summed E-state index contributed by atoms with van der Waals surface area (Å²) in [5, 5.41) is 4.79. The summed E-state index contributed by atoms with van der Waals surface area (Å²) >= 11 is 0. The number of hydrogen-bond donors (Lipinski definition) is 0. The molecule has 0 atom stereocenters. The van der Waals surface area contributed by atoms with Crippen LogP contribution in [0.1, 0.15) is 18.9 Å². The largest absolute Gasteiger partial charge is 0.299 e. The summed E-state index contributed by atoms with van der Waals surface area (Å²) in [5.41, 5.74) is 3.01. The van der Waals surface area contributed by atoms with Gasteiger partial charge in [-0.25, -0.2) is 0 Å². The molecule has 0 saturated heterocycles. The van der Waals surface area contributed by atoms with Gasteiger partial charge in [0, 0.05) is 24.2 Å². The van der Waals surface area contributed by atoms with Crippen molar-refractivity contribution >= 4 is 25.4 Å². The van der Waals surface area contributed by atoms with Gasteiger partial charge in [-0.2, -0.15) is 5.10 Å². The second-order valence-corrected chi connectivity index (χ2v) is 11.8. The fraction of sp³-hybridized carbons (Fsp3) is 0.300. The standard InChI is InChI=1S/C20H26N2OSi/c1-17(15-20(23)16-18-11-7-5-8-12-18)21-22(24(2,3)4)19-13-9-6-10-14-19/h5-14H,15-16H2,1-4H3/b21-17+. The second kappa shape index (κ2) is 8.06. The van der Waals surface area contributed by atoms with E-state index in [1.165, 1.54) is 0 Å². The third kappa shape index (κ3) is 5.46. The van der Waals surface area contributed by atoms with E-state index in [9.17, 15) is 4.79 Å². The summed E-state index contributed by atoms with van der Waals surface area (Å²) in [6.07, 6.45) is 0.856. The van der Waals surface area contributed by atoms with Crippen molar-refractivity contribution in [2.24, 2.45) is 5.10 Å². The molecule has 0 aromatic heterocycles. The molecule has 0 aliphatic heterocycles. The Morgan fingerprint density at radius 3 is 2.04 bits per heavy atom. The molecule has 0 aliphatic carbocycles. The summed E-state index contributed by atoms with van der Waals surface area (Å²) in [5.74, 6) is 0.200. The molecule has 2 aromatic carbocycles. The molecule has 0 radical (unpaired) electrons. The number of nitrogens with zero attached hydrogens (tertiary/aromatic N) is 2. The van der Waals surface area contributed by atoms with Crippen LogP contribution in [-0.2, 0) is 11.2 Å². The van der Waals surface area contributed by atoms with Crippen LogP contribution in [0.2, 0.25) is 19.6 Å². The third-order valence-corrected chi connectivity index (χ3v) is 5.23. The molecule has 24 heavy (non-hydrogen) atoms. The molecule has 0 unspecified atom stereocenters. The van der Waals surface area contributed by atoms with E-state index >= 15 is 0 Å². The van der Waals surface area contributed by atoms with Crippen LogP contribution < -0.4 is 4.67 Å². The summed E-state index contributed by atoms with van der Waals surface area (Å²) in [6, 6.07) is 20.1. The Morgan fingerprint density at radius 2 is 1.50 bits per heavy atom. The average molecular weight is 339 g/mol. The molecule has 0 fully saturated rings. The minimum absolute atomic E-state index is 0.200. The van der Waals surface area contributed by atoms with Crippen LogP contribution >= 0.6 is 0 Å². The number of para-hydroxylation sites is 1. The molecule has 0 saturated carbocycles. The van der Waals surface area contributed by atoms with Crippen LogP contribution in [0.4, 0.5) is 5.69 Å². The van der Waals surface area contributed by atoms with Crippen molar-refractivity contribution in [1.29, 1.82) is 0 Å². The molecule has 2 aromatic rings. The predicted molar refractivity (Wildman–Crippen MR) is 105 cm³/mol. The Hall–Kier alpha value is -2.20. The Balaban J connectivity index is 2.10. The van der Waals surface area contributed by atoms with Gasteiger partial charge in [0.15, 0.2) is 8.24 Å². The van der Waals surface area contributed by atoms with Gasteiger partial charge in [0.2, 0.25) is 0 Å². The minimum atomic E-state index is -1.68. The lowest BCUT2D eigenvalue weighted by atomic mass is 10.1. The van der Waals surface area contributed by atoms with Crippen LogP contribution in [-0.4, -0.2) is 19.7 Å². The zero-order valence-electron chi connectivity index (χ0n) is 15.0. The van der Waals surface area contributed by atoms with Gasteiger partial charge in [-0.3, -0.25) is 9.47 Å². The number of carbonyl (C=O) groups is 1. The van der Waals surface area contributed by atoms with E-state index in [4.69, 9.17) is 5.10 Å². The van der Waals surface area contributed by atoms with Crippen LogP contribution in [0.15, 0.2) is 65.8 Å². The van der Waals surface area contributed by atoms with E-state index in [2.05, 4.69) is 36.4 Å². The summed E-state index contributed by atoms with van der Waals surface area (Å²) < 4.78 is 2.12. The van der Waals surface area contributed by atoms with Crippen LogP contribution in [0.25, 0.3) is 0 Å². The first kappa shape index (κ1) is 18.1. The number of carbonyl (C=O) groups excluding carboxylic acids is 1. The summed E-state index contributed by atoms with van der Waals surface area (Å²) in [4.78, 5) is 12.3. The van der Waals surface area contributed by atoms with E-state index in [1.54, 1.807) is 0 Å². The number of ketones is 1. The molecule has 4 heteroatoms. The van der Waals surface area contributed by atoms with E-state index < -0.39 is 8.24 Å². The monoisotopic (exact) mass is 338 g/mol. The second-order valence-electron chi connectivity index (χ2n) is 7.03. The molecule has 0 N–H and O–H groups in total. The fourth-order valence-electron chi connectivity index (χ4n) is 2.54. The van der Waals surface area contributed by atoms with Crippen molar-refractivity contribution in [1.82, 2.24) is 0 Å². The first-order valence-corrected chi connectivity index (χ1v) is 11.8. The number of hydrazone groups is 1. The number of anilines is 1. The zero-order chi connectivity index (χ0) is 17.6. The van der Waals surface area contributed by atoms with Gasteiger partial charge in [-0.1, -0.05) is 48.5 Å². The molecular weight excluding hydrogens is 312 g/mol. The van der Waals surface area contributed by atoms with Crippen molar-refractivity contribution in [2.75, 3.05) is 4.67 Å². The third-order valence-electron chi connectivity index (χ3n) is 3.60. The zero-order valence-corrected chi connectivity index (χ0v) is 16.0. The van der Waals surface area contributed by atoms with Gasteiger partial charge in [0.25, 0.3) is 0 Å². The highest BCUT2D eigenvalue weighted by atomic mass is 28.3. The van der Waals surface area contributed by atoms with Gasteiger partial charge >= 0.3 is 0 Å². The topological polar surface area (TPSA) is 32.7 Å². The Kier molecular flexibility index (Phi) is 6.09. The van der Waals surface area contributed by atoms with Crippen molar-refractivity contribution in [3.05, 3.63) is 66.2 Å². The summed E-state index contributed by atoms with van der Waals surface area (Å²) in [6.45, 7) is 8.70. The van der Waals surface area contributed by atoms with E-state index in [1.807, 2.05) is 55.5 Å². The van der Waals surface area contributed by atoms with Crippen molar-refractivity contribution < 1.29 is 4.79 Å². The fourth-order valence-corrected chi connectivity index (χ4v) is 3.94. The van der Waals surface area contributed by atoms with Crippen LogP contribution in [0.5, 0.6) is 0 Å². The molecule has 2 rings (SSSR count). The molecule has 126 valence electrons. The number of rotatable bonds is 7. The molecule has 0 bridgehead atoms. The average Bonchev–Trinajstić information content (AvgIpc) is 2.53. The van der Waals surface area contributed by atoms with E-state index in [0.29, 0.717) is 12.8 Å². The van der Waals surface area contributed by atoms with E-state index in [0.717, 1.165) is 17.0 Å². The first-order chi connectivity index (χ1) is 11.4. The molecule has 0 spiro atoms. The van der Waals surface area contributed by atoms with Crippen LogP contribution in [0.3, 0.4) is 0 Å². The Morgan fingerprint density at radius 1 is 0.958 bits per heavy atom. The molecule has 0 aliphatic rings. The lowest BCUT2D eigenvalue weighted by Crippen LogP contribution is -2.43. The van der Waals surface area contributed by atoms with Crippen molar-refractivity contribution in [3.63, 3.8) is 0 Å². The minimum Gasteiger partial charge on any atom is -0.299 e. The molecule has 3 nitrogen and oxygen atoms in total. The maximum Gasteiger partial charge on any atom is 0.176 e. The maximum atomic E-state index is 12.3. The van der Waals surface area contributed by atoms with Crippen LogP contribution in [0, 0.1) is 0 Å². The number of benzene rings is 2. The quantitative estimate of drug-likeness (QED) is 0.408. The normalized spacial score (nSPS) is 12.1. The Bertz CT molecular complexity index is 691. The molecule has 0 heterocycles. The lowest BCUT2D eigenvalue weighted by Gasteiger charge is -2.32.